The normalized spacial score (nSPS) is 11.2. The van der Waals surface area contributed by atoms with Crippen LogP contribution in [-0.2, 0) is 16.0 Å². The van der Waals surface area contributed by atoms with Gasteiger partial charge in [0.1, 0.15) is 0 Å². The SMILES string of the molecule is O=C(O)/C(=N\O)C(=O)CCc1cccc(Cl)c1. The van der Waals surface area contributed by atoms with E-state index >= 15 is 0 Å². The Balaban J connectivity index is 2.63. The summed E-state index contributed by atoms with van der Waals surface area (Å²) in [5.41, 5.74) is -0.0412. The van der Waals surface area contributed by atoms with E-state index in [0.29, 0.717) is 11.4 Å². The van der Waals surface area contributed by atoms with E-state index in [2.05, 4.69) is 5.16 Å². The monoisotopic (exact) mass is 255 g/mol. The fraction of sp³-hybridized carbons (Fsp3) is 0.182. The molecule has 0 radical (unpaired) electrons. The smallest absolute Gasteiger partial charge is 0.361 e. The molecule has 0 spiro atoms. The van der Waals surface area contributed by atoms with Crippen LogP contribution in [0.5, 0.6) is 0 Å². The van der Waals surface area contributed by atoms with Gasteiger partial charge in [-0.15, -0.1) is 0 Å². The lowest BCUT2D eigenvalue weighted by Gasteiger charge is -2.01. The maximum Gasteiger partial charge on any atom is 0.361 e. The second-order valence-corrected chi connectivity index (χ2v) is 3.74. The number of carbonyl (C=O) groups is 2. The number of oxime groups is 1. The summed E-state index contributed by atoms with van der Waals surface area (Å²) in [5, 5.41) is 19.9. The van der Waals surface area contributed by atoms with Crippen LogP contribution in [0.1, 0.15) is 12.0 Å². The number of Topliss-reactive ketones (excluding diaryl/α,β-unsaturated/α-hetero) is 1. The molecule has 0 fully saturated rings. The van der Waals surface area contributed by atoms with Crippen molar-refractivity contribution in [2.24, 2.45) is 5.16 Å². The predicted octanol–water partition coefficient (Wildman–Crippen LogP) is 1.76. The molecule has 0 aliphatic rings. The van der Waals surface area contributed by atoms with Gasteiger partial charge >= 0.3 is 5.97 Å². The van der Waals surface area contributed by atoms with Crippen molar-refractivity contribution in [2.75, 3.05) is 0 Å². The molecule has 0 amide bonds. The largest absolute Gasteiger partial charge is 0.476 e. The Bertz CT molecular complexity index is 470. The fourth-order valence-electron chi connectivity index (χ4n) is 1.29. The Morgan fingerprint density at radius 1 is 1.35 bits per heavy atom. The Morgan fingerprint density at radius 2 is 2.06 bits per heavy atom. The van der Waals surface area contributed by atoms with E-state index in [1.54, 1.807) is 24.3 Å². The van der Waals surface area contributed by atoms with Gasteiger partial charge in [-0.25, -0.2) is 4.79 Å². The second kappa shape index (κ2) is 6.00. The number of carboxylic acids is 1. The van der Waals surface area contributed by atoms with Gasteiger partial charge in [0.25, 0.3) is 0 Å². The molecular formula is C11H10ClNO4. The van der Waals surface area contributed by atoms with Crippen molar-refractivity contribution in [2.45, 2.75) is 12.8 Å². The van der Waals surface area contributed by atoms with E-state index in [1.165, 1.54) is 0 Å². The molecule has 0 saturated carbocycles. The highest BCUT2D eigenvalue weighted by atomic mass is 35.5. The lowest BCUT2D eigenvalue weighted by atomic mass is 10.1. The highest BCUT2D eigenvalue weighted by Gasteiger charge is 2.19. The number of nitrogens with zero attached hydrogens (tertiary/aromatic N) is 1. The first-order valence-corrected chi connectivity index (χ1v) is 5.15. The first kappa shape index (κ1) is 13.2. The molecule has 1 aromatic carbocycles. The molecule has 0 bridgehead atoms. The molecule has 90 valence electrons. The topological polar surface area (TPSA) is 87.0 Å². The molecule has 0 aliphatic carbocycles. The molecule has 0 aliphatic heterocycles. The van der Waals surface area contributed by atoms with E-state index < -0.39 is 17.5 Å². The summed E-state index contributed by atoms with van der Waals surface area (Å²) in [6.45, 7) is 0. The van der Waals surface area contributed by atoms with Crippen LogP contribution in [0.3, 0.4) is 0 Å². The lowest BCUT2D eigenvalue weighted by molar-refractivity contribution is -0.130. The van der Waals surface area contributed by atoms with Crippen LogP contribution in [0.2, 0.25) is 5.02 Å². The minimum absolute atomic E-state index is 0.0496. The molecule has 0 aromatic heterocycles. The van der Waals surface area contributed by atoms with Crippen LogP contribution in [0.4, 0.5) is 0 Å². The highest BCUT2D eigenvalue weighted by molar-refractivity contribution is 6.63. The molecule has 0 unspecified atom stereocenters. The van der Waals surface area contributed by atoms with Crippen LogP contribution in [-0.4, -0.2) is 27.8 Å². The molecular weight excluding hydrogens is 246 g/mol. The summed E-state index contributed by atoms with van der Waals surface area (Å²) in [5.74, 6) is -2.26. The average molecular weight is 256 g/mol. The van der Waals surface area contributed by atoms with Crippen molar-refractivity contribution in [1.82, 2.24) is 0 Å². The van der Waals surface area contributed by atoms with Crippen molar-refractivity contribution in [3.63, 3.8) is 0 Å². The average Bonchev–Trinajstić information content (AvgIpc) is 2.27. The van der Waals surface area contributed by atoms with E-state index in [-0.39, 0.29) is 6.42 Å². The van der Waals surface area contributed by atoms with E-state index in [4.69, 9.17) is 21.9 Å². The number of benzene rings is 1. The molecule has 1 aromatic rings. The van der Waals surface area contributed by atoms with Gasteiger partial charge in [-0.05, 0) is 24.1 Å². The van der Waals surface area contributed by atoms with Crippen molar-refractivity contribution in [1.29, 1.82) is 0 Å². The molecule has 0 atom stereocenters. The Morgan fingerprint density at radius 3 is 2.59 bits per heavy atom. The third-order valence-electron chi connectivity index (χ3n) is 2.10. The summed E-state index contributed by atoms with van der Waals surface area (Å²) in [6.07, 6.45) is 0.289. The number of carboxylic acid groups (broad SMARTS) is 1. The number of aliphatic carboxylic acids is 1. The van der Waals surface area contributed by atoms with Crippen molar-refractivity contribution < 1.29 is 19.9 Å². The van der Waals surface area contributed by atoms with Gasteiger partial charge in [0.2, 0.25) is 5.71 Å². The molecule has 0 heterocycles. The van der Waals surface area contributed by atoms with Crippen molar-refractivity contribution in [3.8, 4) is 0 Å². The fourth-order valence-corrected chi connectivity index (χ4v) is 1.50. The summed E-state index contributed by atoms with van der Waals surface area (Å²) < 4.78 is 0. The van der Waals surface area contributed by atoms with Gasteiger partial charge < -0.3 is 10.3 Å². The number of carbonyl (C=O) groups excluding carboxylic acids is 1. The second-order valence-electron chi connectivity index (χ2n) is 3.31. The van der Waals surface area contributed by atoms with Gasteiger partial charge in [0, 0.05) is 11.4 Å². The molecule has 2 N–H and O–H groups in total. The molecule has 6 heteroatoms. The van der Waals surface area contributed by atoms with Gasteiger partial charge in [-0.2, -0.15) is 0 Å². The maximum atomic E-state index is 11.4. The third-order valence-corrected chi connectivity index (χ3v) is 2.33. The number of hydrogen-bond acceptors (Lipinski definition) is 4. The first-order valence-electron chi connectivity index (χ1n) is 4.77. The number of rotatable bonds is 5. The predicted molar refractivity (Wildman–Crippen MR) is 61.6 cm³/mol. The first-order chi connectivity index (χ1) is 8.04. The Hall–Kier alpha value is -1.88. The zero-order chi connectivity index (χ0) is 12.8. The number of aryl methyl sites for hydroxylation is 1. The third kappa shape index (κ3) is 3.88. The van der Waals surface area contributed by atoms with Gasteiger partial charge in [-0.1, -0.05) is 28.9 Å². The van der Waals surface area contributed by atoms with Gasteiger partial charge in [0.15, 0.2) is 5.78 Å². The zero-order valence-electron chi connectivity index (χ0n) is 8.76. The van der Waals surface area contributed by atoms with E-state index in [0.717, 1.165) is 5.56 Å². The summed E-state index contributed by atoms with van der Waals surface area (Å²) in [6, 6.07) is 6.90. The van der Waals surface area contributed by atoms with Crippen LogP contribution >= 0.6 is 11.6 Å². The van der Waals surface area contributed by atoms with Gasteiger partial charge in [0.05, 0.1) is 0 Å². The Labute approximate surface area is 102 Å². The number of ketones is 1. The summed E-state index contributed by atoms with van der Waals surface area (Å²) in [4.78, 5) is 21.9. The molecule has 0 saturated heterocycles. The molecule has 5 nitrogen and oxygen atoms in total. The minimum atomic E-state index is -1.54. The van der Waals surface area contributed by atoms with Crippen molar-refractivity contribution >= 4 is 29.1 Å². The van der Waals surface area contributed by atoms with Crippen LogP contribution in [0.25, 0.3) is 0 Å². The number of hydrogen-bond donors (Lipinski definition) is 2. The summed E-state index contributed by atoms with van der Waals surface area (Å²) in [7, 11) is 0. The van der Waals surface area contributed by atoms with Crippen LogP contribution in [0.15, 0.2) is 29.4 Å². The molecule has 17 heavy (non-hydrogen) atoms. The standard InChI is InChI=1S/C11H10ClNO4/c12-8-3-1-2-7(6-8)4-5-9(14)10(13-17)11(15)16/h1-3,6,17H,4-5H2,(H,15,16)/b13-10-. The summed E-state index contributed by atoms with van der Waals surface area (Å²) >= 11 is 5.76. The number of halogens is 1. The Kier molecular flexibility index (Phi) is 4.66. The quantitative estimate of drug-likeness (QED) is 0.363. The lowest BCUT2D eigenvalue weighted by Crippen LogP contribution is -2.24. The highest BCUT2D eigenvalue weighted by Crippen LogP contribution is 2.12. The maximum absolute atomic E-state index is 11.4. The van der Waals surface area contributed by atoms with Crippen molar-refractivity contribution in [3.05, 3.63) is 34.9 Å². The molecule has 1 rings (SSSR count). The van der Waals surface area contributed by atoms with Crippen LogP contribution < -0.4 is 0 Å². The van der Waals surface area contributed by atoms with E-state index in [1.807, 2.05) is 0 Å². The zero-order valence-corrected chi connectivity index (χ0v) is 9.52. The minimum Gasteiger partial charge on any atom is -0.476 e. The van der Waals surface area contributed by atoms with Crippen LogP contribution in [0, 0.1) is 0 Å². The van der Waals surface area contributed by atoms with Gasteiger partial charge in [-0.3, -0.25) is 4.79 Å². The van der Waals surface area contributed by atoms with E-state index in [9.17, 15) is 9.59 Å².